The molecule has 1 heterocycles. The van der Waals surface area contributed by atoms with Gasteiger partial charge in [-0.25, -0.2) is 9.48 Å². The van der Waals surface area contributed by atoms with Gasteiger partial charge >= 0.3 is 5.97 Å². The van der Waals surface area contributed by atoms with Crippen LogP contribution in [0.4, 0.5) is 5.69 Å². The van der Waals surface area contributed by atoms with Crippen molar-refractivity contribution in [1.82, 2.24) is 15.0 Å². The number of carbonyl (C=O) groups excluding carboxylic acids is 1. The molecule has 7 heteroatoms. The molecule has 1 saturated carbocycles. The number of aryl methyl sites for hydroxylation is 2. The zero-order valence-electron chi connectivity index (χ0n) is 13.0. The van der Waals surface area contributed by atoms with Crippen LogP contribution in [0.3, 0.4) is 0 Å². The highest BCUT2D eigenvalue weighted by molar-refractivity contribution is 5.92. The molecule has 1 aromatic carbocycles. The molecule has 120 valence electrons. The van der Waals surface area contributed by atoms with Crippen molar-refractivity contribution in [2.75, 3.05) is 5.32 Å². The quantitative estimate of drug-likeness (QED) is 0.881. The number of carbonyl (C=O) groups is 2. The number of para-hydroxylation sites is 1. The molecule has 2 aromatic rings. The summed E-state index contributed by atoms with van der Waals surface area (Å²) >= 11 is 0. The number of carboxylic acids is 1. The van der Waals surface area contributed by atoms with Crippen molar-refractivity contribution in [3.63, 3.8) is 0 Å². The van der Waals surface area contributed by atoms with Gasteiger partial charge in [0.2, 0.25) is 5.91 Å². The first-order chi connectivity index (χ1) is 11.0. The summed E-state index contributed by atoms with van der Waals surface area (Å²) in [4.78, 5) is 23.5. The highest BCUT2D eigenvalue weighted by Gasteiger charge is 2.34. The minimum atomic E-state index is -1.10. The summed E-state index contributed by atoms with van der Waals surface area (Å²) in [5, 5.41) is 19.6. The fraction of sp³-hybridized carbons (Fsp3) is 0.375. The zero-order valence-corrected chi connectivity index (χ0v) is 13.0. The van der Waals surface area contributed by atoms with Gasteiger partial charge in [-0.05, 0) is 37.8 Å². The number of aromatic carboxylic acids is 1. The summed E-state index contributed by atoms with van der Waals surface area (Å²) in [5.74, 6) is -1.21. The van der Waals surface area contributed by atoms with E-state index < -0.39 is 5.97 Å². The Morgan fingerprint density at radius 1 is 1.30 bits per heavy atom. The summed E-state index contributed by atoms with van der Waals surface area (Å²) in [6.45, 7) is 3.81. The Kier molecular flexibility index (Phi) is 3.85. The lowest BCUT2D eigenvalue weighted by Gasteiger charge is -2.12. The molecule has 3 rings (SSSR count). The van der Waals surface area contributed by atoms with Gasteiger partial charge in [-0.15, -0.1) is 5.10 Å². The first-order valence-electron chi connectivity index (χ1n) is 7.50. The molecule has 1 amide bonds. The van der Waals surface area contributed by atoms with Gasteiger partial charge in [-0.1, -0.05) is 23.4 Å². The second-order valence-corrected chi connectivity index (χ2v) is 5.88. The average molecular weight is 314 g/mol. The molecule has 1 fully saturated rings. The predicted octanol–water partition coefficient (Wildman–Crippen LogP) is 2.11. The van der Waals surface area contributed by atoms with Crippen molar-refractivity contribution in [3.05, 3.63) is 40.7 Å². The van der Waals surface area contributed by atoms with Gasteiger partial charge in [0.1, 0.15) is 6.54 Å². The summed E-state index contributed by atoms with van der Waals surface area (Å²) in [5.41, 5.74) is 3.24. The highest BCUT2D eigenvalue weighted by Crippen LogP contribution is 2.41. The van der Waals surface area contributed by atoms with Gasteiger partial charge in [0, 0.05) is 11.6 Å². The van der Waals surface area contributed by atoms with Crippen molar-refractivity contribution in [2.24, 2.45) is 0 Å². The Morgan fingerprint density at radius 2 is 1.96 bits per heavy atom. The van der Waals surface area contributed by atoms with Crippen LogP contribution in [0.15, 0.2) is 18.2 Å². The predicted molar refractivity (Wildman–Crippen MR) is 83.5 cm³/mol. The Hall–Kier alpha value is -2.70. The molecule has 1 aliphatic carbocycles. The van der Waals surface area contributed by atoms with Gasteiger partial charge < -0.3 is 10.4 Å². The summed E-state index contributed by atoms with van der Waals surface area (Å²) in [7, 11) is 0. The number of nitrogens with zero attached hydrogens (tertiary/aromatic N) is 3. The van der Waals surface area contributed by atoms with E-state index in [1.807, 2.05) is 32.0 Å². The molecule has 0 radical (unpaired) electrons. The minimum absolute atomic E-state index is 0.0418. The number of carboxylic acid groups (broad SMARTS) is 1. The van der Waals surface area contributed by atoms with Crippen molar-refractivity contribution in [3.8, 4) is 0 Å². The molecule has 0 unspecified atom stereocenters. The van der Waals surface area contributed by atoms with Crippen molar-refractivity contribution in [1.29, 1.82) is 0 Å². The first kappa shape index (κ1) is 15.2. The highest BCUT2D eigenvalue weighted by atomic mass is 16.4. The molecular formula is C16H18N4O3. The standard InChI is InChI=1S/C16H18N4O3/c1-9-4-3-5-10(2)13(9)17-12(21)8-20-15(11-6-7-11)14(16(22)23)18-19-20/h3-5,11H,6-8H2,1-2H3,(H,17,21)(H,22,23). The number of anilines is 1. The van der Waals surface area contributed by atoms with Gasteiger partial charge in [-0.2, -0.15) is 0 Å². The molecular weight excluding hydrogens is 296 g/mol. The van der Waals surface area contributed by atoms with E-state index >= 15 is 0 Å². The summed E-state index contributed by atoms with van der Waals surface area (Å²) in [6, 6.07) is 5.79. The molecule has 0 saturated heterocycles. The fourth-order valence-electron chi connectivity index (χ4n) is 2.68. The lowest BCUT2D eigenvalue weighted by atomic mass is 10.1. The maximum Gasteiger partial charge on any atom is 0.358 e. The lowest BCUT2D eigenvalue weighted by molar-refractivity contribution is -0.117. The molecule has 0 bridgehead atoms. The van der Waals surface area contributed by atoms with Crippen LogP contribution in [0.25, 0.3) is 0 Å². The number of aromatic nitrogens is 3. The van der Waals surface area contributed by atoms with Crippen LogP contribution < -0.4 is 5.32 Å². The minimum Gasteiger partial charge on any atom is -0.476 e. The van der Waals surface area contributed by atoms with Gasteiger partial charge in [0.25, 0.3) is 0 Å². The molecule has 0 atom stereocenters. The van der Waals surface area contributed by atoms with Crippen molar-refractivity contribution >= 4 is 17.6 Å². The lowest BCUT2D eigenvalue weighted by Crippen LogP contribution is -2.22. The monoisotopic (exact) mass is 314 g/mol. The largest absolute Gasteiger partial charge is 0.476 e. The van der Waals surface area contributed by atoms with Gasteiger partial charge in [0.05, 0.1) is 5.69 Å². The smallest absolute Gasteiger partial charge is 0.358 e. The third-order valence-corrected chi connectivity index (χ3v) is 3.98. The maximum absolute atomic E-state index is 12.3. The second-order valence-electron chi connectivity index (χ2n) is 5.88. The number of hydrogen-bond acceptors (Lipinski definition) is 4. The molecule has 0 aliphatic heterocycles. The van der Waals surface area contributed by atoms with Crippen LogP contribution >= 0.6 is 0 Å². The normalized spacial score (nSPS) is 13.8. The summed E-state index contributed by atoms with van der Waals surface area (Å²) in [6.07, 6.45) is 1.82. The maximum atomic E-state index is 12.3. The van der Waals surface area contributed by atoms with Gasteiger partial charge in [0.15, 0.2) is 5.69 Å². The average Bonchev–Trinajstić information content (AvgIpc) is 3.24. The topological polar surface area (TPSA) is 97.1 Å². The number of benzene rings is 1. The number of hydrogen-bond donors (Lipinski definition) is 2. The fourth-order valence-corrected chi connectivity index (χ4v) is 2.68. The Labute approximate surface area is 133 Å². The van der Waals surface area contributed by atoms with E-state index in [1.54, 1.807) is 0 Å². The number of rotatable bonds is 5. The van der Waals surface area contributed by atoms with Crippen LogP contribution in [-0.4, -0.2) is 32.0 Å². The van der Waals surface area contributed by atoms with Crippen LogP contribution in [0.5, 0.6) is 0 Å². The van der Waals surface area contributed by atoms with E-state index in [9.17, 15) is 14.7 Å². The van der Waals surface area contributed by atoms with E-state index in [2.05, 4.69) is 15.6 Å². The molecule has 1 aromatic heterocycles. The molecule has 7 nitrogen and oxygen atoms in total. The van der Waals surface area contributed by atoms with E-state index in [-0.39, 0.29) is 24.1 Å². The third kappa shape index (κ3) is 3.08. The molecule has 1 aliphatic rings. The number of amides is 1. The molecule has 23 heavy (non-hydrogen) atoms. The second kappa shape index (κ2) is 5.83. The zero-order chi connectivity index (χ0) is 16.6. The van der Waals surface area contributed by atoms with E-state index in [1.165, 1.54) is 4.68 Å². The van der Waals surface area contributed by atoms with Crippen LogP contribution in [-0.2, 0) is 11.3 Å². The third-order valence-electron chi connectivity index (χ3n) is 3.98. The van der Waals surface area contributed by atoms with E-state index in [0.717, 1.165) is 29.7 Å². The Balaban J connectivity index is 1.80. The summed E-state index contributed by atoms with van der Waals surface area (Å²) < 4.78 is 1.41. The van der Waals surface area contributed by atoms with Crippen molar-refractivity contribution in [2.45, 2.75) is 39.2 Å². The van der Waals surface area contributed by atoms with Crippen LogP contribution in [0.2, 0.25) is 0 Å². The molecule has 2 N–H and O–H groups in total. The van der Waals surface area contributed by atoms with Crippen LogP contribution in [0, 0.1) is 13.8 Å². The molecule has 0 spiro atoms. The van der Waals surface area contributed by atoms with Crippen LogP contribution in [0.1, 0.15) is 46.1 Å². The van der Waals surface area contributed by atoms with Gasteiger partial charge in [-0.3, -0.25) is 4.79 Å². The van der Waals surface area contributed by atoms with E-state index in [4.69, 9.17) is 0 Å². The number of nitrogens with one attached hydrogen (secondary N) is 1. The van der Waals surface area contributed by atoms with Crippen molar-refractivity contribution < 1.29 is 14.7 Å². The Bertz CT molecular complexity index is 757. The Morgan fingerprint density at radius 3 is 2.52 bits per heavy atom. The van der Waals surface area contributed by atoms with E-state index in [0.29, 0.717) is 5.69 Å². The SMILES string of the molecule is Cc1cccc(C)c1NC(=O)Cn1nnc(C(=O)O)c1C1CC1. The first-order valence-corrected chi connectivity index (χ1v) is 7.50.